The number of piperidine rings is 1. The van der Waals surface area contributed by atoms with Gasteiger partial charge in [-0.15, -0.1) is 5.10 Å². The first-order chi connectivity index (χ1) is 14.1. The minimum atomic E-state index is -0.0367. The number of aryl methyl sites for hydroxylation is 2. The van der Waals surface area contributed by atoms with E-state index >= 15 is 0 Å². The van der Waals surface area contributed by atoms with Crippen molar-refractivity contribution < 1.29 is 4.79 Å². The second kappa shape index (κ2) is 8.52. The van der Waals surface area contributed by atoms with Gasteiger partial charge >= 0.3 is 0 Å². The van der Waals surface area contributed by atoms with E-state index in [1.54, 1.807) is 4.68 Å². The molecule has 9 heteroatoms. The van der Waals surface area contributed by atoms with Crippen LogP contribution in [0, 0.1) is 12.8 Å². The molecule has 1 atom stereocenters. The zero-order valence-electron chi connectivity index (χ0n) is 16.8. The Hall–Kier alpha value is -3.07. The number of nitrogens with one attached hydrogen (secondary N) is 2. The van der Waals surface area contributed by atoms with Crippen molar-refractivity contribution >= 4 is 11.6 Å². The standard InChI is InChI=1S/C20H26N8O/c1-3-19-22-14(2)18(24-19)12-27-9-5-6-15(11-27)20(29)23-16-7-4-8-17(10-16)28-13-21-25-26-28/h4,7-8,10,13,15H,3,5-6,9,11-12H2,1-2H3,(H,22,24)(H,23,29). The molecule has 0 saturated carbocycles. The summed E-state index contributed by atoms with van der Waals surface area (Å²) in [5, 5.41) is 14.2. The fourth-order valence-corrected chi connectivity index (χ4v) is 3.76. The van der Waals surface area contributed by atoms with Gasteiger partial charge in [0.2, 0.25) is 5.91 Å². The highest BCUT2D eigenvalue weighted by molar-refractivity contribution is 5.93. The second-order valence-corrected chi connectivity index (χ2v) is 7.48. The van der Waals surface area contributed by atoms with E-state index in [0.717, 1.165) is 67.5 Å². The van der Waals surface area contributed by atoms with Gasteiger partial charge in [0, 0.05) is 30.9 Å². The van der Waals surface area contributed by atoms with E-state index < -0.39 is 0 Å². The van der Waals surface area contributed by atoms with Crippen molar-refractivity contribution in [1.29, 1.82) is 0 Å². The van der Waals surface area contributed by atoms with Crippen LogP contribution in [0.5, 0.6) is 0 Å². The number of nitrogens with zero attached hydrogens (tertiary/aromatic N) is 6. The van der Waals surface area contributed by atoms with Gasteiger partial charge in [-0.25, -0.2) is 9.67 Å². The van der Waals surface area contributed by atoms with Gasteiger partial charge < -0.3 is 10.3 Å². The van der Waals surface area contributed by atoms with Crippen LogP contribution < -0.4 is 5.32 Å². The maximum Gasteiger partial charge on any atom is 0.228 e. The van der Waals surface area contributed by atoms with Crippen molar-refractivity contribution in [2.45, 2.75) is 39.7 Å². The monoisotopic (exact) mass is 394 g/mol. The summed E-state index contributed by atoms with van der Waals surface area (Å²) in [4.78, 5) is 23.2. The summed E-state index contributed by atoms with van der Waals surface area (Å²) in [6, 6.07) is 7.52. The summed E-state index contributed by atoms with van der Waals surface area (Å²) < 4.78 is 1.56. The quantitative estimate of drug-likeness (QED) is 0.663. The average molecular weight is 394 g/mol. The fraction of sp³-hybridized carbons (Fsp3) is 0.450. The van der Waals surface area contributed by atoms with Crippen LogP contribution >= 0.6 is 0 Å². The molecule has 0 radical (unpaired) electrons. The number of hydrogen-bond donors (Lipinski definition) is 2. The number of aromatic amines is 1. The minimum Gasteiger partial charge on any atom is -0.346 e. The van der Waals surface area contributed by atoms with E-state index in [2.05, 4.69) is 49.6 Å². The van der Waals surface area contributed by atoms with E-state index in [4.69, 9.17) is 0 Å². The maximum absolute atomic E-state index is 12.9. The van der Waals surface area contributed by atoms with E-state index in [9.17, 15) is 4.79 Å². The highest BCUT2D eigenvalue weighted by Gasteiger charge is 2.26. The van der Waals surface area contributed by atoms with Crippen molar-refractivity contribution in [2.24, 2.45) is 5.92 Å². The lowest BCUT2D eigenvalue weighted by atomic mass is 9.96. The normalized spacial score (nSPS) is 17.4. The van der Waals surface area contributed by atoms with E-state index in [-0.39, 0.29) is 11.8 Å². The fourth-order valence-electron chi connectivity index (χ4n) is 3.76. The number of anilines is 1. The van der Waals surface area contributed by atoms with Gasteiger partial charge in [-0.3, -0.25) is 9.69 Å². The number of hydrogen-bond acceptors (Lipinski definition) is 6. The molecule has 0 aliphatic carbocycles. The first-order valence-electron chi connectivity index (χ1n) is 10.0. The number of aromatic nitrogens is 6. The van der Waals surface area contributed by atoms with Gasteiger partial charge in [0.15, 0.2) is 0 Å². The Balaban J connectivity index is 1.39. The van der Waals surface area contributed by atoms with Gasteiger partial charge in [-0.05, 0) is 54.9 Å². The Labute approximate surface area is 169 Å². The number of likely N-dealkylation sites (tertiary alicyclic amines) is 1. The van der Waals surface area contributed by atoms with Crippen LogP contribution in [0.15, 0.2) is 30.6 Å². The van der Waals surface area contributed by atoms with E-state index in [1.165, 1.54) is 6.33 Å². The number of tetrazole rings is 1. The Morgan fingerprint density at radius 2 is 2.28 bits per heavy atom. The largest absolute Gasteiger partial charge is 0.346 e. The molecule has 1 aliphatic heterocycles. The number of benzene rings is 1. The second-order valence-electron chi connectivity index (χ2n) is 7.48. The molecule has 152 valence electrons. The number of amides is 1. The molecule has 29 heavy (non-hydrogen) atoms. The highest BCUT2D eigenvalue weighted by atomic mass is 16.1. The Bertz CT molecular complexity index is 965. The molecule has 2 aromatic heterocycles. The first-order valence-corrected chi connectivity index (χ1v) is 10.0. The lowest BCUT2D eigenvalue weighted by Crippen LogP contribution is -2.40. The summed E-state index contributed by atoms with van der Waals surface area (Å²) in [6.45, 7) is 6.67. The third kappa shape index (κ3) is 4.51. The number of H-pyrrole nitrogens is 1. The smallest absolute Gasteiger partial charge is 0.228 e. The lowest BCUT2D eigenvalue weighted by molar-refractivity contribution is -0.121. The zero-order valence-corrected chi connectivity index (χ0v) is 16.8. The number of carbonyl (C=O) groups is 1. The molecular weight excluding hydrogens is 368 g/mol. The van der Waals surface area contributed by atoms with E-state index in [1.807, 2.05) is 24.3 Å². The van der Waals surface area contributed by atoms with Gasteiger partial charge in [-0.2, -0.15) is 0 Å². The molecule has 0 bridgehead atoms. The summed E-state index contributed by atoms with van der Waals surface area (Å²) >= 11 is 0. The third-order valence-electron chi connectivity index (χ3n) is 5.35. The molecule has 1 fully saturated rings. The summed E-state index contributed by atoms with van der Waals surface area (Å²) in [7, 11) is 0. The molecule has 3 heterocycles. The van der Waals surface area contributed by atoms with Crippen LogP contribution in [0.4, 0.5) is 5.69 Å². The molecule has 1 aliphatic rings. The molecule has 2 N–H and O–H groups in total. The van der Waals surface area contributed by atoms with Crippen LogP contribution in [0.2, 0.25) is 0 Å². The first kappa shape index (κ1) is 19.3. The Morgan fingerprint density at radius 3 is 3.03 bits per heavy atom. The Morgan fingerprint density at radius 1 is 1.38 bits per heavy atom. The molecule has 4 rings (SSSR count). The minimum absolute atomic E-state index is 0.0367. The third-order valence-corrected chi connectivity index (χ3v) is 5.35. The van der Waals surface area contributed by atoms with Crippen LogP contribution in [-0.4, -0.2) is 54.1 Å². The van der Waals surface area contributed by atoms with Crippen molar-refractivity contribution in [3.8, 4) is 5.69 Å². The number of rotatable bonds is 6. The topological polar surface area (TPSA) is 105 Å². The lowest BCUT2D eigenvalue weighted by Gasteiger charge is -2.31. The van der Waals surface area contributed by atoms with Gasteiger partial charge in [0.25, 0.3) is 0 Å². The maximum atomic E-state index is 12.9. The van der Waals surface area contributed by atoms with E-state index in [0.29, 0.717) is 0 Å². The van der Waals surface area contributed by atoms with Gasteiger partial charge in [0.05, 0.1) is 17.3 Å². The number of imidazole rings is 1. The van der Waals surface area contributed by atoms with Crippen LogP contribution in [0.3, 0.4) is 0 Å². The molecule has 1 aromatic carbocycles. The summed E-state index contributed by atoms with van der Waals surface area (Å²) in [5.41, 5.74) is 3.75. The summed E-state index contributed by atoms with van der Waals surface area (Å²) in [6.07, 6.45) is 4.33. The molecule has 1 unspecified atom stereocenters. The van der Waals surface area contributed by atoms with Gasteiger partial charge in [0.1, 0.15) is 12.2 Å². The van der Waals surface area contributed by atoms with Crippen LogP contribution in [-0.2, 0) is 17.8 Å². The Kier molecular flexibility index (Phi) is 5.66. The molecule has 1 amide bonds. The van der Waals surface area contributed by atoms with Crippen LogP contribution in [0.25, 0.3) is 5.69 Å². The van der Waals surface area contributed by atoms with Crippen molar-refractivity contribution in [2.75, 3.05) is 18.4 Å². The molecule has 9 nitrogen and oxygen atoms in total. The molecule has 3 aromatic rings. The molecule has 1 saturated heterocycles. The predicted octanol–water partition coefficient (Wildman–Crippen LogP) is 2.11. The van der Waals surface area contributed by atoms with Crippen LogP contribution in [0.1, 0.15) is 37.0 Å². The molecule has 0 spiro atoms. The highest BCUT2D eigenvalue weighted by Crippen LogP contribution is 2.22. The number of carbonyl (C=O) groups excluding carboxylic acids is 1. The SMILES string of the molecule is CCc1nc(CN2CCCC(C(=O)Nc3cccc(-n4cnnn4)c3)C2)c(C)[nH]1. The summed E-state index contributed by atoms with van der Waals surface area (Å²) in [5.74, 6) is 1.04. The predicted molar refractivity (Wildman–Crippen MR) is 108 cm³/mol. The van der Waals surface area contributed by atoms with Crippen molar-refractivity contribution in [3.63, 3.8) is 0 Å². The average Bonchev–Trinajstić information content (AvgIpc) is 3.39. The van der Waals surface area contributed by atoms with Crippen molar-refractivity contribution in [1.82, 2.24) is 35.1 Å². The molecular formula is C20H26N8O. The van der Waals surface area contributed by atoms with Crippen molar-refractivity contribution in [3.05, 3.63) is 47.8 Å². The zero-order chi connectivity index (χ0) is 20.2. The van der Waals surface area contributed by atoms with Gasteiger partial charge in [-0.1, -0.05) is 13.0 Å².